The first-order valence-corrected chi connectivity index (χ1v) is 7.32. The van der Waals surface area contributed by atoms with E-state index in [4.69, 9.17) is 10.00 Å². The maximum absolute atomic E-state index is 12.2. The van der Waals surface area contributed by atoms with Crippen LogP contribution in [-0.2, 0) is 9.53 Å². The lowest BCUT2D eigenvalue weighted by atomic mass is 10.1. The third-order valence-electron chi connectivity index (χ3n) is 3.54. The molecule has 0 spiro atoms. The number of carbonyl (C=O) groups is 2. The lowest BCUT2D eigenvalue weighted by Crippen LogP contribution is -2.33. The van der Waals surface area contributed by atoms with Crippen LogP contribution < -0.4 is 0 Å². The van der Waals surface area contributed by atoms with Crippen LogP contribution in [0.5, 0.6) is 0 Å². The average molecular weight is 298 g/mol. The standard InChI is InChI=1S/C17H18N2O3/c1-2-19(15-8-3-4-9-15)16(20)12-22-17(21)14-7-5-6-13(10-14)11-18/h5-8,10H,2-4,9,12H2,1H3. The Morgan fingerprint density at radius 3 is 2.86 bits per heavy atom. The van der Waals surface area contributed by atoms with Crippen LogP contribution in [-0.4, -0.2) is 29.9 Å². The molecule has 0 saturated carbocycles. The van der Waals surface area contributed by atoms with E-state index in [1.165, 1.54) is 6.07 Å². The van der Waals surface area contributed by atoms with Crippen LogP contribution in [0.2, 0.25) is 0 Å². The second kappa shape index (κ2) is 7.41. The Hall–Kier alpha value is -2.61. The zero-order chi connectivity index (χ0) is 15.9. The van der Waals surface area contributed by atoms with Gasteiger partial charge in [-0.3, -0.25) is 4.79 Å². The number of nitrogens with zero attached hydrogens (tertiary/aromatic N) is 2. The second-order valence-corrected chi connectivity index (χ2v) is 4.99. The summed E-state index contributed by atoms with van der Waals surface area (Å²) in [6, 6.07) is 8.18. The molecule has 0 aliphatic heterocycles. The Morgan fingerprint density at radius 2 is 2.23 bits per heavy atom. The number of amides is 1. The predicted octanol–water partition coefficient (Wildman–Crippen LogP) is 2.63. The summed E-state index contributed by atoms with van der Waals surface area (Å²) < 4.78 is 5.06. The zero-order valence-electron chi connectivity index (χ0n) is 12.5. The SMILES string of the molecule is CCN(C(=O)COC(=O)c1cccc(C#N)c1)C1=CCCC1. The van der Waals surface area contributed by atoms with Gasteiger partial charge in [0.1, 0.15) is 0 Å². The lowest BCUT2D eigenvalue weighted by Gasteiger charge is -2.22. The van der Waals surface area contributed by atoms with E-state index in [-0.39, 0.29) is 18.1 Å². The summed E-state index contributed by atoms with van der Waals surface area (Å²) in [6.45, 7) is 2.17. The summed E-state index contributed by atoms with van der Waals surface area (Å²) in [7, 11) is 0. The Balaban J connectivity index is 1.95. The van der Waals surface area contributed by atoms with Gasteiger partial charge >= 0.3 is 5.97 Å². The summed E-state index contributed by atoms with van der Waals surface area (Å²) >= 11 is 0. The van der Waals surface area contributed by atoms with Gasteiger partial charge in [0.25, 0.3) is 5.91 Å². The minimum Gasteiger partial charge on any atom is -0.452 e. The van der Waals surface area contributed by atoms with Gasteiger partial charge in [-0.25, -0.2) is 4.79 Å². The summed E-state index contributed by atoms with van der Waals surface area (Å²) in [5.74, 6) is -0.817. The summed E-state index contributed by atoms with van der Waals surface area (Å²) in [4.78, 5) is 25.8. The van der Waals surface area contributed by atoms with Crippen molar-refractivity contribution in [3.8, 4) is 6.07 Å². The lowest BCUT2D eigenvalue weighted by molar-refractivity contribution is -0.132. The van der Waals surface area contributed by atoms with Gasteiger partial charge in [0, 0.05) is 12.2 Å². The van der Waals surface area contributed by atoms with Gasteiger partial charge in [-0.1, -0.05) is 12.1 Å². The number of likely N-dealkylation sites (N-methyl/N-ethyl adjacent to an activating group) is 1. The largest absolute Gasteiger partial charge is 0.452 e. The number of allylic oxidation sites excluding steroid dienone is 2. The van der Waals surface area contributed by atoms with Gasteiger partial charge in [0.05, 0.1) is 17.2 Å². The van der Waals surface area contributed by atoms with Crippen molar-refractivity contribution in [3.63, 3.8) is 0 Å². The molecule has 1 amide bonds. The number of hydrogen-bond donors (Lipinski definition) is 0. The zero-order valence-corrected chi connectivity index (χ0v) is 12.5. The van der Waals surface area contributed by atoms with Gasteiger partial charge in [0.2, 0.25) is 0 Å². The minimum atomic E-state index is -0.595. The number of carbonyl (C=O) groups excluding carboxylic acids is 2. The molecule has 0 aromatic heterocycles. The van der Waals surface area contributed by atoms with Crippen molar-refractivity contribution in [2.45, 2.75) is 26.2 Å². The maximum Gasteiger partial charge on any atom is 0.338 e. The summed E-state index contributed by atoms with van der Waals surface area (Å²) in [6.07, 6.45) is 4.98. The van der Waals surface area contributed by atoms with E-state index in [2.05, 4.69) is 6.08 Å². The van der Waals surface area contributed by atoms with Crippen molar-refractivity contribution in [3.05, 3.63) is 47.2 Å². The van der Waals surface area contributed by atoms with E-state index in [1.807, 2.05) is 13.0 Å². The number of ether oxygens (including phenoxy) is 1. The molecule has 5 nitrogen and oxygen atoms in total. The molecule has 0 radical (unpaired) electrons. The molecule has 22 heavy (non-hydrogen) atoms. The first kappa shape index (κ1) is 15.8. The molecule has 0 unspecified atom stereocenters. The molecule has 1 aromatic rings. The van der Waals surface area contributed by atoms with E-state index in [0.29, 0.717) is 12.1 Å². The molecule has 0 heterocycles. The monoisotopic (exact) mass is 298 g/mol. The van der Waals surface area contributed by atoms with E-state index in [9.17, 15) is 9.59 Å². The molecule has 0 bridgehead atoms. The molecular formula is C17H18N2O3. The van der Waals surface area contributed by atoms with Crippen LogP contribution in [0.3, 0.4) is 0 Å². The highest BCUT2D eigenvalue weighted by atomic mass is 16.5. The Bertz CT molecular complexity index is 644. The fourth-order valence-electron chi connectivity index (χ4n) is 2.44. The van der Waals surface area contributed by atoms with E-state index in [0.717, 1.165) is 25.0 Å². The summed E-state index contributed by atoms with van der Waals surface area (Å²) in [5, 5.41) is 8.82. The van der Waals surface area contributed by atoms with Crippen molar-refractivity contribution in [1.82, 2.24) is 4.90 Å². The first-order chi connectivity index (χ1) is 10.7. The van der Waals surface area contributed by atoms with Crippen molar-refractivity contribution in [1.29, 1.82) is 5.26 Å². The first-order valence-electron chi connectivity index (χ1n) is 7.32. The van der Waals surface area contributed by atoms with Crippen molar-refractivity contribution in [2.75, 3.05) is 13.2 Å². The molecule has 0 atom stereocenters. The van der Waals surface area contributed by atoms with Gasteiger partial charge in [-0.2, -0.15) is 5.26 Å². The molecule has 5 heteroatoms. The van der Waals surface area contributed by atoms with Gasteiger partial charge < -0.3 is 9.64 Å². The highest BCUT2D eigenvalue weighted by molar-refractivity contribution is 5.91. The number of rotatable bonds is 5. The maximum atomic E-state index is 12.2. The van der Waals surface area contributed by atoms with E-state index < -0.39 is 5.97 Å². The van der Waals surface area contributed by atoms with Crippen molar-refractivity contribution < 1.29 is 14.3 Å². The average Bonchev–Trinajstić information content (AvgIpc) is 3.07. The number of hydrogen-bond acceptors (Lipinski definition) is 4. The minimum absolute atomic E-state index is 0.222. The van der Waals surface area contributed by atoms with Crippen molar-refractivity contribution >= 4 is 11.9 Å². The Labute approximate surface area is 129 Å². The fourth-order valence-corrected chi connectivity index (χ4v) is 2.44. The highest BCUT2D eigenvalue weighted by Crippen LogP contribution is 2.21. The van der Waals surface area contributed by atoms with Crippen LogP contribution in [0.25, 0.3) is 0 Å². The number of nitriles is 1. The quantitative estimate of drug-likeness (QED) is 0.783. The molecular weight excluding hydrogens is 280 g/mol. The molecule has 1 aliphatic rings. The van der Waals surface area contributed by atoms with Crippen LogP contribution in [0, 0.1) is 11.3 Å². The van der Waals surface area contributed by atoms with Crippen LogP contribution in [0.1, 0.15) is 42.1 Å². The van der Waals surface area contributed by atoms with Crippen molar-refractivity contribution in [2.24, 2.45) is 0 Å². The van der Waals surface area contributed by atoms with E-state index >= 15 is 0 Å². The molecule has 114 valence electrons. The Kier molecular flexibility index (Phi) is 5.31. The summed E-state index contributed by atoms with van der Waals surface area (Å²) in [5.41, 5.74) is 1.66. The highest BCUT2D eigenvalue weighted by Gasteiger charge is 2.20. The Morgan fingerprint density at radius 1 is 1.41 bits per heavy atom. The van der Waals surface area contributed by atoms with E-state index in [1.54, 1.807) is 23.1 Å². The third-order valence-corrected chi connectivity index (χ3v) is 3.54. The topological polar surface area (TPSA) is 70.4 Å². The molecule has 0 N–H and O–H groups in total. The van der Waals surface area contributed by atoms with Gasteiger partial charge in [0.15, 0.2) is 6.61 Å². The smallest absolute Gasteiger partial charge is 0.338 e. The number of benzene rings is 1. The molecule has 0 saturated heterocycles. The molecule has 1 aromatic carbocycles. The van der Waals surface area contributed by atoms with Gasteiger partial charge in [-0.15, -0.1) is 0 Å². The normalized spacial score (nSPS) is 13.2. The molecule has 2 rings (SSSR count). The van der Waals surface area contributed by atoms with Gasteiger partial charge in [-0.05, 0) is 44.4 Å². The predicted molar refractivity (Wildman–Crippen MR) is 80.8 cm³/mol. The third kappa shape index (κ3) is 3.73. The molecule has 1 aliphatic carbocycles. The molecule has 0 fully saturated rings. The van der Waals surface area contributed by atoms with Crippen LogP contribution in [0.4, 0.5) is 0 Å². The van der Waals surface area contributed by atoms with Crippen LogP contribution in [0.15, 0.2) is 36.0 Å². The van der Waals surface area contributed by atoms with Crippen LogP contribution >= 0.6 is 0 Å². The fraction of sp³-hybridized carbons (Fsp3) is 0.353. The second-order valence-electron chi connectivity index (χ2n) is 4.99. The number of esters is 1.